The zero-order chi connectivity index (χ0) is 14.8. The Morgan fingerprint density at radius 1 is 1.32 bits per heavy atom. The fraction of sp³-hybridized carbons (Fsp3) is 0.300. The Kier molecular flexibility index (Phi) is 3.98. The number of anilines is 1. The number of nitrogens with zero attached hydrogens (tertiary/aromatic N) is 2. The molecular weight excluding hydrogens is 269 g/mol. The van der Waals surface area contributed by atoms with E-state index in [9.17, 15) is 33.2 Å². The van der Waals surface area contributed by atoms with Gasteiger partial charge in [-0.25, -0.2) is 0 Å². The zero-order valence-corrected chi connectivity index (χ0v) is 9.55. The van der Waals surface area contributed by atoms with Gasteiger partial charge in [0.2, 0.25) is 0 Å². The number of nitro benzene ring substituents is 1. The van der Waals surface area contributed by atoms with Crippen LogP contribution in [0.1, 0.15) is 6.92 Å². The first-order chi connectivity index (χ1) is 8.64. The van der Waals surface area contributed by atoms with E-state index in [-0.39, 0.29) is 16.3 Å². The normalized spacial score (nSPS) is 12.8. The number of carbonyl (C=O) groups is 1. The van der Waals surface area contributed by atoms with Crippen LogP contribution in [0.15, 0.2) is 24.3 Å². The maximum Gasteiger partial charge on any atom is 0.408 e. The van der Waals surface area contributed by atoms with Crippen LogP contribution < -0.4 is 10.0 Å². The molecule has 0 fully saturated rings. The molecule has 19 heavy (non-hydrogen) atoms. The number of hydrogen-bond donors (Lipinski definition) is 0. The van der Waals surface area contributed by atoms with Crippen LogP contribution >= 0.6 is 0 Å². The summed E-state index contributed by atoms with van der Waals surface area (Å²) in [6, 6.07) is 1.33. The molecule has 1 aromatic rings. The molecule has 0 aromatic heterocycles. The molecule has 104 valence electrons. The molecule has 0 aliphatic rings. The monoisotopic (exact) mass is 277 g/mol. The van der Waals surface area contributed by atoms with Crippen molar-refractivity contribution in [1.29, 1.82) is 0 Å². The second-order valence-electron chi connectivity index (χ2n) is 3.63. The van der Waals surface area contributed by atoms with Crippen LogP contribution in [0.4, 0.5) is 29.3 Å². The number of alkyl halides is 3. The van der Waals surface area contributed by atoms with Crippen LogP contribution in [0.3, 0.4) is 0 Å². The maximum atomic E-state index is 12.5. The quantitative estimate of drug-likeness (QED) is 0.621. The number of benzene rings is 1. The average molecular weight is 277 g/mol. The number of non-ortho nitro benzene ring substituents is 1. The first-order valence-corrected chi connectivity index (χ1v) is 4.96. The standard InChI is InChI=1S/C10H9F3N2O4/c1-6(10(11,12)13)14(9(16)17)7-2-4-8(5-3-7)15(18)19/h2-6H,1H3,(H,16,17)/p-1. The highest BCUT2D eigenvalue weighted by molar-refractivity contribution is 5.85. The predicted molar refractivity (Wildman–Crippen MR) is 56.5 cm³/mol. The Balaban J connectivity index is 3.14. The topological polar surface area (TPSA) is 86.5 Å². The van der Waals surface area contributed by atoms with Crippen molar-refractivity contribution in [1.82, 2.24) is 0 Å². The third kappa shape index (κ3) is 3.33. The van der Waals surface area contributed by atoms with E-state index < -0.39 is 23.2 Å². The second kappa shape index (κ2) is 5.12. The number of amides is 1. The van der Waals surface area contributed by atoms with Gasteiger partial charge in [-0.2, -0.15) is 13.2 Å². The number of nitro groups is 1. The van der Waals surface area contributed by atoms with E-state index in [2.05, 4.69) is 0 Å². The first kappa shape index (κ1) is 14.7. The number of carboxylic acid groups (broad SMARTS) is 1. The third-order valence-corrected chi connectivity index (χ3v) is 2.40. The highest BCUT2D eigenvalue weighted by Crippen LogP contribution is 2.29. The maximum absolute atomic E-state index is 12.5. The van der Waals surface area contributed by atoms with E-state index in [1.807, 2.05) is 0 Å². The van der Waals surface area contributed by atoms with Crippen LogP contribution in [-0.2, 0) is 0 Å². The largest absolute Gasteiger partial charge is 0.530 e. The molecule has 0 radical (unpaired) electrons. The van der Waals surface area contributed by atoms with Crippen molar-refractivity contribution >= 4 is 17.5 Å². The molecule has 1 aromatic carbocycles. The molecular formula is C10H8F3N2O4-. The van der Waals surface area contributed by atoms with Crippen molar-refractivity contribution in [2.24, 2.45) is 0 Å². The molecule has 1 unspecified atom stereocenters. The van der Waals surface area contributed by atoms with Crippen molar-refractivity contribution in [3.63, 3.8) is 0 Å². The Morgan fingerprint density at radius 3 is 2.11 bits per heavy atom. The zero-order valence-electron chi connectivity index (χ0n) is 9.55. The van der Waals surface area contributed by atoms with Crippen molar-refractivity contribution in [2.45, 2.75) is 19.1 Å². The minimum atomic E-state index is -4.78. The molecule has 0 heterocycles. The van der Waals surface area contributed by atoms with E-state index in [1.165, 1.54) is 0 Å². The molecule has 0 N–H and O–H groups in total. The lowest BCUT2D eigenvalue weighted by molar-refractivity contribution is -0.384. The highest BCUT2D eigenvalue weighted by atomic mass is 19.4. The lowest BCUT2D eigenvalue weighted by atomic mass is 10.2. The predicted octanol–water partition coefficient (Wildman–Crippen LogP) is 1.70. The van der Waals surface area contributed by atoms with Gasteiger partial charge in [0.25, 0.3) is 5.69 Å². The molecule has 1 atom stereocenters. The van der Waals surface area contributed by atoms with Crippen molar-refractivity contribution in [3.8, 4) is 0 Å². The number of carbonyl (C=O) groups excluding carboxylic acids is 1. The summed E-state index contributed by atoms with van der Waals surface area (Å²) in [5.74, 6) is 0. The summed E-state index contributed by atoms with van der Waals surface area (Å²) >= 11 is 0. The number of hydrogen-bond acceptors (Lipinski definition) is 4. The third-order valence-electron chi connectivity index (χ3n) is 2.40. The summed E-state index contributed by atoms with van der Waals surface area (Å²) in [5.41, 5.74) is -0.711. The van der Waals surface area contributed by atoms with Gasteiger partial charge in [0.05, 0.1) is 4.92 Å². The summed E-state index contributed by atoms with van der Waals surface area (Å²) in [5, 5.41) is 21.2. The summed E-state index contributed by atoms with van der Waals surface area (Å²) in [6.45, 7) is 0.650. The van der Waals surface area contributed by atoms with E-state index in [0.29, 0.717) is 6.92 Å². The molecule has 0 aliphatic carbocycles. The Labute approximate surface area is 105 Å². The average Bonchev–Trinajstić information content (AvgIpc) is 2.28. The van der Waals surface area contributed by atoms with Crippen molar-refractivity contribution < 1.29 is 28.0 Å². The molecule has 6 nitrogen and oxygen atoms in total. The van der Waals surface area contributed by atoms with Gasteiger partial charge in [0.15, 0.2) is 0 Å². The summed E-state index contributed by atoms with van der Waals surface area (Å²) < 4.78 is 37.5. The smallest absolute Gasteiger partial charge is 0.408 e. The minimum absolute atomic E-state index is 0.0102. The molecule has 0 aliphatic heterocycles. The highest BCUT2D eigenvalue weighted by Gasteiger charge is 2.41. The molecule has 0 saturated heterocycles. The van der Waals surface area contributed by atoms with E-state index in [4.69, 9.17) is 0 Å². The van der Waals surface area contributed by atoms with Crippen molar-refractivity contribution in [3.05, 3.63) is 34.4 Å². The minimum Gasteiger partial charge on any atom is -0.530 e. The lowest BCUT2D eigenvalue weighted by Crippen LogP contribution is -2.52. The van der Waals surface area contributed by atoms with Crippen LogP contribution in [0.25, 0.3) is 0 Å². The van der Waals surface area contributed by atoms with Crippen LogP contribution in [0, 0.1) is 10.1 Å². The lowest BCUT2D eigenvalue weighted by Gasteiger charge is -2.32. The Bertz CT molecular complexity index is 487. The first-order valence-electron chi connectivity index (χ1n) is 4.96. The van der Waals surface area contributed by atoms with Crippen LogP contribution in [0.5, 0.6) is 0 Å². The molecule has 0 bridgehead atoms. The van der Waals surface area contributed by atoms with Gasteiger partial charge in [-0.05, 0) is 19.1 Å². The van der Waals surface area contributed by atoms with Crippen molar-refractivity contribution in [2.75, 3.05) is 4.90 Å². The van der Waals surface area contributed by atoms with Gasteiger partial charge in [0.1, 0.15) is 12.1 Å². The SMILES string of the molecule is CC(N(C(=O)[O-])c1ccc([N+](=O)[O-])cc1)C(F)(F)F. The van der Waals surface area contributed by atoms with E-state index in [1.54, 1.807) is 0 Å². The van der Waals surface area contributed by atoms with Crippen LogP contribution in [-0.4, -0.2) is 23.2 Å². The van der Waals surface area contributed by atoms with Gasteiger partial charge in [0, 0.05) is 17.8 Å². The van der Waals surface area contributed by atoms with Crippen LogP contribution in [0.2, 0.25) is 0 Å². The summed E-state index contributed by atoms with van der Waals surface area (Å²) in [4.78, 5) is 20.4. The second-order valence-corrected chi connectivity index (χ2v) is 3.63. The number of halogens is 3. The molecule has 0 saturated carbocycles. The molecule has 0 spiro atoms. The molecule has 1 rings (SSSR count). The van der Waals surface area contributed by atoms with E-state index in [0.717, 1.165) is 24.3 Å². The van der Waals surface area contributed by atoms with Gasteiger partial charge in [-0.1, -0.05) is 0 Å². The van der Waals surface area contributed by atoms with Gasteiger partial charge in [-0.3, -0.25) is 10.1 Å². The Hall–Kier alpha value is -2.32. The fourth-order valence-corrected chi connectivity index (χ4v) is 1.37. The van der Waals surface area contributed by atoms with Gasteiger partial charge < -0.3 is 14.8 Å². The number of rotatable bonds is 3. The molecule has 1 amide bonds. The fourth-order valence-electron chi connectivity index (χ4n) is 1.37. The summed E-state index contributed by atoms with van der Waals surface area (Å²) in [7, 11) is 0. The summed E-state index contributed by atoms with van der Waals surface area (Å²) in [6.07, 6.45) is -6.82. The van der Waals surface area contributed by atoms with Gasteiger partial charge in [-0.15, -0.1) is 0 Å². The van der Waals surface area contributed by atoms with Gasteiger partial charge >= 0.3 is 6.18 Å². The van der Waals surface area contributed by atoms with E-state index >= 15 is 0 Å². The molecule has 9 heteroatoms. The Morgan fingerprint density at radius 2 is 1.79 bits per heavy atom.